The monoisotopic (exact) mass is 284 g/mol. The molecule has 0 aromatic rings. The molecule has 0 spiro atoms. The fraction of sp³-hybridized carbons (Fsp3) is 0.750. The van der Waals surface area contributed by atoms with Crippen molar-refractivity contribution in [2.24, 2.45) is 0 Å². The zero-order valence-electron chi connectivity index (χ0n) is 12.6. The number of aliphatic carboxylic acids is 2. The van der Waals surface area contributed by atoms with E-state index in [9.17, 15) is 9.59 Å². The number of hydrogen-bond acceptors (Lipinski definition) is 2. The largest absolute Gasteiger partial charge is 0.481 e. The van der Waals surface area contributed by atoms with Gasteiger partial charge in [0.2, 0.25) is 0 Å². The Morgan fingerprint density at radius 3 is 2.05 bits per heavy atom. The maximum atomic E-state index is 11.0. The van der Waals surface area contributed by atoms with E-state index in [0.717, 1.165) is 19.3 Å². The molecular formula is C16H28O4. The fourth-order valence-electron chi connectivity index (χ4n) is 2.09. The highest BCUT2D eigenvalue weighted by Gasteiger charge is 2.07. The maximum Gasteiger partial charge on any atom is 0.331 e. The van der Waals surface area contributed by atoms with E-state index in [1.165, 1.54) is 25.7 Å². The normalized spacial score (nSPS) is 11.6. The summed E-state index contributed by atoms with van der Waals surface area (Å²) >= 11 is 0. The van der Waals surface area contributed by atoms with Crippen LogP contribution in [0, 0.1) is 0 Å². The number of rotatable bonds is 13. The van der Waals surface area contributed by atoms with Gasteiger partial charge in [0.15, 0.2) is 0 Å². The molecule has 20 heavy (non-hydrogen) atoms. The highest BCUT2D eigenvalue weighted by molar-refractivity contribution is 5.86. The van der Waals surface area contributed by atoms with E-state index in [0.29, 0.717) is 24.8 Å². The number of unbranched alkanes of at least 4 members (excludes halogenated alkanes) is 7. The predicted molar refractivity (Wildman–Crippen MR) is 79.8 cm³/mol. The standard InChI is InChI=1S/C16H28O4/c1-2-3-4-5-6-7-8-11-14(16(19)20)12-9-10-13-15(17)18/h11H,2-10,12-13H2,1H3,(H,17,18)(H,19,20). The summed E-state index contributed by atoms with van der Waals surface area (Å²) in [6, 6.07) is 0. The van der Waals surface area contributed by atoms with Crippen molar-refractivity contribution in [2.75, 3.05) is 0 Å². The number of carboxylic acid groups (broad SMARTS) is 2. The third-order valence-electron chi connectivity index (χ3n) is 3.31. The molecule has 0 aromatic carbocycles. The molecule has 0 heterocycles. The van der Waals surface area contributed by atoms with Crippen LogP contribution in [0.2, 0.25) is 0 Å². The molecule has 0 rings (SSSR count). The molecule has 0 atom stereocenters. The predicted octanol–water partition coefficient (Wildman–Crippen LogP) is 4.39. The number of carboxylic acids is 2. The highest BCUT2D eigenvalue weighted by Crippen LogP contribution is 2.13. The second-order valence-electron chi connectivity index (χ2n) is 5.19. The van der Waals surface area contributed by atoms with Crippen molar-refractivity contribution in [3.05, 3.63) is 11.6 Å². The van der Waals surface area contributed by atoms with Gasteiger partial charge in [-0.1, -0.05) is 45.1 Å². The lowest BCUT2D eigenvalue weighted by molar-refractivity contribution is -0.137. The molecule has 4 heteroatoms. The molecule has 0 unspecified atom stereocenters. The first kappa shape index (κ1) is 18.7. The lowest BCUT2D eigenvalue weighted by Gasteiger charge is -2.03. The van der Waals surface area contributed by atoms with E-state index in [1.54, 1.807) is 0 Å². The first-order valence-electron chi connectivity index (χ1n) is 7.72. The van der Waals surface area contributed by atoms with Crippen LogP contribution in [0.4, 0.5) is 0 Å². The van der Waals surface area contributed by atoms with Gasteiger partial charge in [-0.2, -0.15) is 0 Å². The van der Waals surface area contributed by atoms with Crippen molar-refractivity contribution in [2.45, 2.75) is 77.6 Å². The summed E-state index contributed by atoms with van der Waals surface area (Å²) in [4.78, 5) is 21.4. The van der Waals surface area contributed by atoms with E-state index in [1.807, 2.05) is 6.08 Å². The first-order chi connectivity index (χ1) is 9.57. The van der Waals surface area contributed by atoms with Gasteiger partial charge in [-0.25, -0.2) is 4.79 Å². The summed E-state index contributed by atoms with van der Waals surface area (Å²) in [5.74, 6) is -1.69. The second kappa shape index (κ2) is 12.7. The Kier molecular flexibility index (Phi) is 11.9. The summed E-state index contributed by atoms with van der Waals surface area (Å²) in [7, 11) is 0. The van der Waals surface area contributed by atoms with Gasteiger partial charge in [0, 0.05) is 12.0 Å². The van der Waals surface area contributed by atoms with Crippen molar-refractivity contribution >= 4 is 11.9 Å². The molecule has 0 saturated carbocycles. The summed E-state index contributed by atoms with van der Waals surface area (Å²) in [5, 5.41) is 17.6. The number of carbonyl (C=O) groups is 2. The van der Waals surface area contributed by atoms with E-state index < -0.39 is 11.9 Å². The zero-order chi connectivity index (χ0) is 15.2. The van der Waals surface area contributed by atoms with Crippen molar-refractivity contribution in [3.8, 4) is 0 Å². The summed E-state index contributed by atoms with van der Waals surface area (Å²) < 4.78 is 0. The Morgan fingerprint density at radius 2 is 1.45 bits per heavy atom. The minimum absolute atomic E-state index is 0.115. The molecule has 116 valence electrons. The number of allylic oxidation sites excluding steroid dienone is 1. The van der Waals surface area contributed by atoms with Crippen LogP contribution >= 0.6 is 0 Å². The zero-order valence-corrected chi connectivity index (χ0v) is 12.6. The highest BCUT2D eigenvalue weighted by atomic mass is 16.4. The first-order valence-corrected chi connectivity index (χ1v) is 7.72. The van der Waals surface area contributed by atoms with Crippen molar-refractivity contribution in [3.63, 3.8) is 0 Å². The van der Waals surface area contributed by atoms with Gasteiger partial charge in [0.25, 0.3) is 0 Å². The Labute approximate surface area is 121 Å². The van der Waals surface area contributed by atoms with Crippen molar-refractivity contribution in [1.29, 1.82) is 0 Å². The topological polar surface area (TPSA) is 74.6 Å². The van der Waals surface area contributed by atoms with E-state index in [2.05, 4.69) is 6.92 Å². The lowest BCUT2D eigenvalue weighted by Crippen LogP contribution is -2.01. The van der Waals surface area contributed by atoms with Crippen LogP contribution in [0.15, 0.2) is 11.6 Å². The lowest BCUT2D eigenvalue weighted by atomic mass is 10.0. The molecule has 0 aliphatic carbocycles. The summed E-state index contributed by atoms with van der Waals surface area (Å²) in [6.45, 7) is 2.19. The van der Waals surface area contributed by atoms with Gasteiger partial charge < -0.3 is 10.2 Å². The third kappa shape index (κ3) is 11.8. The second-order valence-corrected chi connectivity index (χ2v) is 5.19. The minimum atomic E-state index is -0.869. The Bertz CT molecular complexity index is 308. The van der Waals surface area contributed by atoms with Crippen LogP contribution in [0.1, 0.15) is 77.6 Å². The van der Waals surface area contributed by atoms with Gasteiger partial charge in [-0.15, -0.1) is 0 Å². The van der Waals surface area contributed by atoms with Crippen LogP contribution in [0.25, 0.3) is 0 Å². The molecule has 0 amide bonds. The molecule has 0 fully saturated rings. The molecule has 0 aromatic heterocycles. The van der Waals surface area contributed by atoms with Crippen LogP contribution in [0.3, 0.4) is 0 Å². The molecule has 4 nitrogen and oxygen atoms in total. The number of hydrogen-bond donors (Lipinski definition) is 2. The van der Waals surface area contributed by atoms with Crippen LogP contribution < -0.4 is 0 Å². The van der Waals surface area contributed by atoms with Gasteiger partial charge in [0.05, 0.1) is 0 Å². The fourth-order valence-corrected chi connectivity index (χ4v) is 2.09. The average Bonchev–Trinajstić information content (AvgIpc) is 2.39. The van der Waals surface area contributed by atoms with E-state index in [4.69, 9.17) is 10.2 Å². The van der Waals surface area contributed by atoms with Gasteiger partial charge in [0.1, 0.15) is 0 Å². The van der Waals surface area contributed by atoms with E-state index >= 15 is 0 Å². The minimum Gasteiger partial charge on any atom is -0.481 e. The van der Waals surface area contributed by atoms with Crippen LogP contribution in [-0.4, -0.2) is 22.2 Å². The molecule has 2 N–H and O–H groups in total. The molecule has 0 aliphatic heterocycles. The smallest absolute Gasteiger partial charge is 0.331 e. The molecule has 0 aliphatic rings. The molecular weight excluding hydrogens is 256 g/mol. The Balaban J connectivity index is 3.79. The SMILES string of the molecule is CCCCCCCCC=C(CCCCC(=O)O)C(=O)O. The van der Waals surface area contributed by atoms with Crippen molar-refractivity contribution in [1.82, 2.24) is 0 Å². The maximum absolute atomic E-state index is 11.0. The average molecular weight is 284 g/mol. The molecule has 0 saturated heterocycles. The molecule has 0 radical (unpaired) electrons. The van der Waals surface area contributed by atoms with Crippen LogP contribution in [-0.2, 0) is 9.59 Å². The van der Waals surface area contributed by atoms with Gasteiger partial charge in [-0.3, -0.25) is 4.79 Å². The van der Waals surface area contributed by atoms with Gasteiger partial charge in [-0.05, 0) is 32.1 Å². The Morgan fingerprint density at radius 1 is 0.850 bits per heavy atom. The molecule has 0 bridgehead atoms. The third-order valence-corrected chi connectivity index (χ3v) is 3.31. The quantitative estimate of drug-likeness (QED) is 0.388. The van der Waals surface area contributed by atoms with E-state index in [-0.39, 0.29) is 6.42 Å². The van der Waals surface area contributed by atoms with Crippen LogP contribution in [0.5, 0.6) is 0 Å². The summed E-state index contributed by atoms with van der Waals surface area (Å²) in [5.41, 5.74) is 0.434. The Hall–Kier alpha value is -1.32. The summed E-state index contributed by atoms with van der Waals surface area (Å²) in [6.07, 6.45) is 11.6. The van der Waals surface area contributed by atoms with Crippen molar-refractivity contribution < 1.29 is 19.8 Å². The van der Waals surface area contributed by atoms with Gasteiger partial charge >= 0.3 is 11.9 Å².